The predicted octanol–water partition coefficient (Wildman–Crippen LogP) is 4.47. The quantitative estimate of drug-likeness (QED) is 0.739. The summed E-state index contributed by atoms with van der Waals surface area (Å²) in [5, 5.41) is 1.31. The highest BCUT2D eigenvalue weighted by atomic mass is 16.5. The molecule has 0 unspecified atom stereocenters. The smallest absolute Gasteiger partial charge is 0.123 e. The standard InChI is InChI=1S/C22H24N2O2/c1-25-18-7-8-22(26-2)17(13-18)15-24-11-9-16(10-12-24)20-14-23-21-6-4-3-5-19(20)21/h3-9,13-14,23H,10-12,15H2,1-2H3. The Bertz CT molecular complexity index is 942. The molecule has 0 saturated carbocycles. The Morgan fingerprint density at radius 1 is 1.08 bits per heavy atom. The molecule has 1 aliphatic heterocycles. The number of benzene rings is 2. The fraction of sp³-hybridized carbons (Fsp3) is 0.273. The van der Waals surface area contributed by atoms with E-state index in [0.29, 0.717) is 0 Å². The molecule has 2 aromatic carbocycles. The van der Waals surface area contributed by atoms with Crippen molar-refractivity contribution >= 4 is 16.5 Å². The van der Waals surface area contributed by atoms with E-state index in [9.17, 15) is 0 Å². The number of aromatic nitrogens is 1. The summed E-state index contributed by atoms with van der Waals surface area (Å²) < 4.78 is 10.9. The van der Waals surface area contributed by atoms with Crippen LogP contribution in [0, 0.1) is 0 Å². The lowest BCUT2D eigenvalue weighted by Gasteiger charge is -2.27. The van der Waals surface area contributed by atoms with E-state index in [4.69, 9.17) is 9.47 Å². The molecule has 0 bridgehead atoms. The first-order chi connectivity index (χ1) is 12.8. The first kappa shape index (κ1) is 16.7. The number of para-hydroxylation sites is 1. The molecular formula is C22H24N2O2. The zero-order chi connectivity index (χ0) is 17.9. The second kappa shape index (κ2) is 7.26. The Kier molecular flexibility index (Phi) is 4.67. The zero-order valence-electron chi connectivity index (χ0n) is 15.3. The van der Waals surface area contributed by atoms with Gasteiger partial charge < -0.3 is 14.5 Å². The van der Waals surface area contributed by atoms with Crippen LogP contribution in [0.15, 0.2) is 54.7 Å². The molecule has 26 heavy (non-hydrogen) atoms. The number of rotatable bonds is 5. The van der Waals surface area contributed by atoms with E-state index >= 15 is 0 Å². The van der Waals surface area contributed by atoms with Gasteiger partial charge in [-0.15, -0.1) is 0 Å². The van der Waals surface area contributed by atoms with Crippen molar-refractivity contribution in [3.05, 3.63) is 65.9 Å². The van der Waals surface area contributed by atoms with Crippen molar-refractivity contribution in [1.82, 2.24) is 9.88 Å². The average molecular weight is 348 g/mol. The Hall–Kier alpha value is -2.72. The first-order valence-corrected chi connectivity index (χ1v) is 8.97. The van der Waals surface area contributed by atoms with Crippen LogP contribution in [0.2, 0.25) is 0 Å². The van der Waals surface area contributed by atoms with Crippen LogP contribution in [0.25, 0.3) is 16.5 Å². The van der Waals surface area contributed by atoms with Gasteiger partial charge in [0.25, 0.3) is 0 Å². The van der Waals surface area contributed by atoms with E-state index in [-0.39, 0.29) is 0 Å². The van der Waals surface area contributed by atoms with E-state index in [0.717, 1.165) is 43.1 Å². The summed E-state index contributed by atoms with van der Waals surface area (Å²) in [4.78, 5) is 5.82. The number of fused-ring (bicyclic) bond motifs is 1. The van der Waals surface area contributed by atoms with E-state index in [2.05, 4.69) is 52.5 Å². The van der Waals surface area contributed by atoms with Gasteiger partial charge >= 0.3 is 0 Å². The minimum Gasteiger partial charge on any atom is -0.497 e. The van der Waals surface area contributed by atoms with Crippen molar-refractivity contribution in [2.24, 2.45) is 0 Å². The van der Waals surface area contributed by atoms with Gasteiger partial charge in [0.1, 0.15) is 11.5 Å². The zero-order valence-corrected chi connectivity index (χ0v) is 15.3. The number of hydrogen-bond acceptors (Lipinski definition) is 3. The molecule has 1 N–H and O–H groups in total. The SMILES string of the molecule is COc1ccc(OC)c(CN2CC=C(c3c[nH]c4ccccc34)CC2)c1. The summed E-state index contributed by atoms with van der Waals surface area (Å²) in [5.74, 6) is 1.78. The molecule has 134 valence electrons. The molecule has 4 heteroatoms. The Morgan fingerprint density at radius 2 is 1.96 bits per heavy atom. The van der Waals surface area contributed by atoms with Gasteiger partial charge in [-0.2, -0.15) is 0 Å². The summed E-state index contributed by atoms with van der Waals surface area (Å²) in [7, 11) is 3.42. The third kappa shape index (κ3) is 3.20. The number of nitrogens with one attached hydrogen (secondary N) is 1. The highest BCUT2D eigenvalue weighted by molar-refractivity contribution is 5.92. The van der Waals surface area contributed by atoms with Gasteiger partial charge in [-0.3, -0.25) is 4.90 Å². The molecule has 3 aromatic rings. The minimum absolute atomic E-state index is 0.859. The maximum absolute atomic E-state index is 5.51. The van der Waals surface area contributed by atoms with E-state index < -0.39 is 0 Å². The Morgan fingerprint density at radius 3 is 2.73 bits per heavy atom. The van der Waals surface area contributed by atoms with Gasteiger partial charge in [0.15, 0.2) is 0 Å². The molecule has 0 spiro atoms. The largest absolute Gasteiger partial charge is 0.497 e. The van der Waals surface area contributed by atoms with Crippen LogP contribution in [0.1, 0.15) is 17.5 Å². The second-order valence-corrected chi connectivity index (χ2v) is 6.64. The Balaban J connectivity index is 1.51. The van der Waals surface area contributed by atoms with Crippen LogP contribution in [-0.4, -0.2) is 37.2 Å². The highest BCUT2D eigenvalue weighted by Crippen LogP contribution is 2.31. The first-order valence-electron chi connectivity index (χ1n) is 8.97. The lowest BCUT2D eigenvalue weighted by atomic mass is 9.98. The van der Waals surface area contributed by atoms with E-state index in [1.165, 1.54) is 22.0 Å². The second-order valence-electron chi connectivity index (χ2n) is 6.64. The number of ether oxygens (including phenoxy) is 2. The summed E-state index contributed by atoms with van der Waals surface area (Å²) in [6.45, 7) is 2.83. The normalized spacial score (nSPS) is 15.1. The van der Waals surface area contributed by atoms with Crippen LogP contribution in [0.5, 0.6) is 11.5 Å². The van der Waals surface area contributed by atoms with Gasteiger partial charge in [0.2, 0.25) is 0 Å². The van der Waals surface area contributed by atoms with Gasteiger partial charge in [-0.25, -0.2) is 0 Å². The lowest BCUT2D eigenvalue weighted by Crippen LogP contribution is -2.28. The van der Waals surface area contributed by atoms with Gasteiger partial charge in [-0.1, -0.05) is 24.3 Å². The molecule has 4 rings (SSSR count). The molecule has 0 fully saturated rings. The van der Waals surface area contributed by atoms with Gasteiger partial charge in [0.05, 0.1) is 14.2 Å². The Labute approximate surface area is 154 Å². The summed E-state index contributed by atoms with van der Waals surface area (Å²) in [5.41, 5.74) is 5.12. The number of nitrogens with zero attached hydrogens (tertiary/aromatic N) is 1. The van der Waals surface area contributed by atoms with Crippen LogP contribution >= 0.6 is 0 Å². The molecule has 0 radical (unpaired) electrons. The number of hydrogen-bond donors (Lipinski definition) is 1. The highest BCUT2D eigenvalue weighted by Gasteiger charge is 2.17. The summed E-state index contributed by atoms with van der Waals surface area (Å²) >= 11 is 0. The summed E-state index contributed by atoms with van der Waals surface area (Å²) in [6.07, 6.45) is 5.54. The molecule has 2 heterocycles. The van der Waals surface area contributed by atoms with Crippen molar-refractivity contribution < 1.29 is 9.47 Å². The fourth-order valence-electron chi connectivity index (χ4n) is 3.68. The number of aromatic amines is 1. The molecule has 0 amide bonds. The predicted molar refractivity (Wildman–Crippen MR) is 106 cm³/mol. The van der Waals surface area contributed by atoms with Crippen molar-refractivity contribution in [2.75, 3.05) is 27.3 Å². The number of methoxy groups -OCH3 is 2. The monoisotopic (exact) mass is 348 g/mol. The van der Waals surface area contributed by atoms with Crippen molar-refractivity contribution in [2.45, 2.75) is 13.0 Å². The van der Waals surface area contributed by atoms with Crippen LogP contribution in [0.4, 0.5) is 0 Å². The molecule has 0 atom stereocenters. The molecule has 1 aliphatic rings. The van der Waals surface area contributed by atoms with Crippen LogP contribution in [0.3, 0.4) is 0 Å². The van der Waals surface area contributed by atoms with Gasteiger partial charge in [-0.05, 0) is 36.3 Å². The third-order valence-electron chi connectivity index (χ3n) is 5.11. The average Bonchev–Trinajstić information content (AvgIpc) is 3.12. The number of H-pyrrole nitrogens is 1. The van der Waals surface area contributed by atoms with Crippen molar-refractivity contribution in [1.29, 1.82) is 0 Å². The fourth-order valence-corrected chi connectivity index (χ4v) is 3.68. The maximum atomic E-state index is 5.51. The molecule has 4 nitrogen and oxygen atoms in total. The minimum atomic E-state index is 0.859. The molecule has 0 saturated heterocycles. The van der Waals surface area contributed by atoms with Crippen molar-refractivity contribution in [3.8, 4) is 11.5 Å². The van der Waals surface area contributed by atoms with E-state index in [1.54, 1.807) is 14.2 Å². The third-order valence-corrected chi connectivity index (χ3v) is 5.11. The van der Waals surface area contributed by atoms with Crippen LogP contribution < -0.4 is 9.47 Å². The topological polar surface area (TPSA) is 37.5 Å². The molecule has 1 aromatic heterocycles. The van der Waals surface area contributed by atoms with Crippen molar-refractivity contribution in [3.63, 3.8) is 0 Å². The van der Waals surface area contributed by atoms with E-state index in [1.807, 2.05) is 12.1 Å². The molecule has 0 aliphatic carbocycles. The van der Waals surface area contributed by atoms with Gasteiger partial charge in [0, 0.05) is 47.9 Å². The van der Waals surface area contributed by atoms with Crippen LogP contribution in [-0.2, 0) is 6.54 Å². The lowest BCUT2D eigenvalue weighted by molar-refractivity contribution is 0.286. The maximum Gasteiger partial charge on any atom is 0.123 e. The summed E-state index contributed by atoms with van der Waals surface area (Å²) in [6, 6.07) is 14.5. The molecular weight excluding hydrogens is 324 g/mol.